The Morgan fingerprint density at radius 2 is 1.77 bits per heavy atom. The minimum absolute atomic E-state index is 0.162. The summed E-state index contributed by atoms with van der Waals surface area (Å²) in [5.41, 5.74) is 0.510. The molecule has 13 heavy (non-hydrogen) atoms. The summed E-state index contributed by atoms with van der Waals surface area (Å²) in [6.45, 7) is 0. The first-order valence-corrected chi connectivity index (χ1v) is 3.94. The van der Waals surface area contributed by atoms with Crippen molar-refractivity contribution in [1.82, 2.24) is 0 Å². The van der Waals surface area contributed by atoms with E-state index in [1.165, 1.54) is 0 Å². The molecule has 0 aliphatic carbocycles. The van der Waals surface area contributed by atoms with E-state index < -0.39 is 0 Å². The number of rotatable bonds is 0. The van der Waals surface area contributed by atoms with Crippen LogP contribution in [0.2, 0.25) is 0 Å². The van der Waals surface area contributed by atoms with Crippen LogP contribution in [0.25, 0.3) is 10.8 Å². The number of aromatic hydroxyl groups is 1. The lowest BCUT2D eigenvalue weighted by molar-refractivity contribution is 0.481. The minimum atomic E-state index is 0.162. The molecule has 0 spiro atoms. The molecule has 0 bridgehead atoms. The van der Waals surface area contributed by atoms with Crippen LogP contribution in [0.1, 0.15) is 5.56 Å². The summed E-state index contributed by atoms with van der Waals surface area (Å²) in [6, 6.07) is 12.6. The van der Waals surface area contributed by atoms with Gasteiger partial charge in [0.1, 0.15) is 5.75 Å². The molecule has 0 aliphatic rings. The van der Waals surface area contributed by atoms with Gasteiger partial charge in [0.15, 0.2) is 0 Å². The van der Waals surface area contributed by atoms with Crippen LogP contribution in [0.5, 0.6) is 5.75 Å². The molecular weight excluding hydrogens is 162 g/mol. The minimum Gasteiger partial charge on any atom is -0.507 e. The lowest BCUT2D eigenvalue weighted by Crippen LogP contribution is -1.79. The Balaban J connectivity index is 2.97. The standard InChI is InChI=1S/C11H7NO/c12-7-9-5-1-3-8-4-2-6-10(13)11(8)9/h1-6,13H. The van der Waals surface area contributed by atoms with Crippen molar-refractivity contribution in [3.63, 3.8) is 0 Å². The summed E-state index contributed by atoms with van der Waals surface area (Å²) in [5, 5.41) is 19.9. The van der Waals surface area contributed by atoms with Crippen molar-refractivity contribution >= 4 is 10.8 Å². The topological polar surface area (TPSA) is 44.0 Å². The molecule has 0 unspecified atom stereocenters. The maximum Gasteiger partial charge on any atom is 0.124 e. The summed E-state index contributed by atoms with van der Waals surface area (Å²) in [4.78, 5) is 0. The molecule has 0 atom stereocenters. The molecule has 0 saturated heterocycles. The van der Waals surface area contributed by atoms with Gasteiger partial charge in [-0.05, 0) is 17.5 Å². The Kier molecular flexibility index (Phi) is 1.64. The van der Waals surface area contributed by atoms with Crippen LogP contribution in [-0.4, -0.2) is 5.11 Å². The molecule has 0 heterocycles. The zero-order valence-electron chi connectivity index (χ0n) is 6.86. The molecule has 62 valence electrons. The van der Waals surface area contributed by atoms with Gasteiger partial charge in [-0.2, -0.15) is 5.26 Å². The van der Waals surface area contributed by atoms with E-state index in [0.29, 0.717) is 10.9 Å². The predicted octanol–water partition coefficient (Wildman–Crippen LogP) is 2.42. The molecule has 0 saturated carbocycles. The van der Waals surface area contributed by atoms with Crippen molar-refractivity contribution in [3.05, 3.63) is 42.0 Å². The third kappa shape index (κ3) is 1.11. The second-order valence-corrected chi connectivity index (χ2v) is 2.79. The van der Waals surface area contributed by atoms with Gasteiger partial charge >= 0.3 is 0 Å². The Hall–Kier alpha value is -2.01. The zero-order chi connectivity index (χ0) is 9.26. The van der Waals surface area contributed by atoms with Crippen LogP contribution in [0, 0.1) is 11.3 Å². The maximum absolute atomic E-state index is 9.53. The number of nitrogens with zero attached hydrogens (tertiary/aromatic N) is 1. The third-order valence-corrected chi connectivity index (χ3v) is 2.00. The highest BCUT2D eigenvalue weighted by atomic mass is 16.3. The molecule has 2 nitrogen and oxygen atoms in total. The van der Waals surface area contributed by atoms with Gasteiger partial charge in [0.05, 0.1) is 11.6 Å². The number of phenols is 1. The van der Waals surface area contributed by atoms with Crippen LogP contribution >= 0.6 is 0 Å². The zero-order valence-corrected chi connectivity index (χ0v) is 6.86. The Labute approximate surface area is 75.7 Å². The second kappa shape index (κ2) is 2.80. The van der Waals surface area contributed by atoms with Crippen LogP contribution in [0.15, 0.2) is 36.4 Å². The Morgan fingerprint density at radius 1 is 1.08 bits per heavy atom. The van der Waals surface area contributed by atoms with E-state index >= 15 is 0 Å². The maximum atomic E-state index is 9.53. The van der Waals surface area contributed by atoms with E-state index in [0.717, 1.165) is 5.39 Å². The summed E-state index contributed by atoms with van der Waals surface area (Å²) in [7, 11) is 0. The fourth-order valence-corrected chi connectivity index (χ4v) is 1.41. The van der Waals surface area contributed by atoms with Gasteiger partial charge in [-0.3, -0.25) is 0 Å². The van der Waals surface area contributed by atoms with Gasteiger partial charge in [0, 0.05) is 5.39 Å². The summed E-state index contributed by atoms with van der Waals surface area (Å²) in [5.74, 6) is 0.162. The first-order valence-electron chi connectivity index (χ1n) is 3.94. The van der Waals surface area contributed by atoms with Crippen molar-refractivity contribution in [1.29, 1.82) is 5.26 Å². The van der Waals surface area contributed by atoms with E-state index in [4.69, 9.17) is 5.26 Å². The largest absolute Gasteiger partial charge is 0.507 e. The molecule has 2 aromatic carbocycles. The highest BCUT2D eigenvalue weighted by molar-refractivity contribution is 5.92. The van der Waals surface area contributed by atoms with E-state index in [-0.39, 0.29) is 5.75 Å². The number of nitriles is 1. The lowest BCUT2D eigenvalue weighted by atomic mass is 10.0. The molecule has 0 aliphatic heterocycles. The first-order chi connectivity index (χ1) is 6.33. The Morgan fingerprint density at radius 3 is 2.46 bits per heavy atom. The fraction of sp³-hybridized carbons (Fsp3) is 0. The number of phenolic OH excluding ortho intramolecular Hbond substituents is 1. The smallest absolute Gasteiger partial charge is 0.124 e. The van der Waals surface area contributed by atoms with Crippen molar-refractivity contribution in [2.45, 2.75) is 0 Å². The number of hydrogen-bond acceptors (Lipinski definition) is 2. The van der Waals surface area contributed by atoms with Crippen molar-refractivity contribution in [3.8, 4) is 11.8 Å². The van der Waals surface area contributed by atoms with Crippen LogP contribution in [0.3, 0.4) is 0 Å². The quantitative estimate of drug-likeness (QED) is 0.658. The molecule has 2 rings (SSSR count). The van der Waals surface area contributed by atoms with Crippen LogP contribution < -0.4 is 0 Å². The van der Waals surface area contributed by atoms with Crippen molar-refractivity contribution < 1.29 is 5.11 Å². The predicted molar refractivity (Wildman–Crippen MR) is 50.3 cm³/mol. The molecular formula is C11H7NO. The Bertz CT molecular complexity index is 492. The molecule has 0 radical (unpaired) electrons. The van der Waals surface area contributed by atoms with Gasteiger partial charge in [-0.15, -0.1) is 0 Å². The summed E-state index contributed by atoms with van der Waals surface area (Å²) in [6.07, 6.45) is 0. The van der Waals surface area contributed by atoms with Crippen molar-refractivity contribution in [2.24, 2.45) is 0 Å². The van der Waals surface area contributed by atoms with Crippen LogP contribution in [-0.2, 0) is 0 Å². The SMILES string of the molecule is N#Cc1cccc2cccc(O)c12. The average molecular weight is 169 g/mol. The molecule has 0 fully saturated rings. The lowest BCUT2D eigenvalue weighted by Gasteiger charge is -2.01. The van der Waals surface area contributed by atoms with Gasteiger partial charge < -0.3 is 5.11 Å². The normalized spacial score (nSPS) is 9.77. The molecule has 1 N–H and O–H groups in total. The monoisotopic (exact) mass is 169 g/mol. The summed E-state index contributed by atoms with van der Waals surface area (Å²) < 4.78 is 0. The van der Waals surface area contributed by atoms with E-state index in [1.54, 1.807) is 24.3 Å². The fourth-order valence-electron chi connectivity index (χ4n) is 1.41. The molecule has 0 amide bonds. The molecule has 2 aromatic rings. The second-order valence-electron chi connectivity index (χ2n) is 2.79. The number of hydrogen-bond donors (Lipinski definition) is 1. The number of benzene rings is 2. The van der Waals surface area contributed by atoms with Gasteiger partial charge in [0.25, 0.3) is 0 Å². The number of fused-ring (bicyclic) bond motifs is 1. The molecule has 2 heteroatoms. The van der Waals surface area contributed by atoms with E-state index in [9.17, 15) is 5.11 Å². The highest BCUT2D eigenvalue weighted by Gasteiger charge is 2.03. The van der Waals surface area contributed by atoms with Crippen LogP contribution in [0.4, 0.5) is 0 Å². The van der Waals surface area contributed by atoms with E-state index in [2.05, 4.69) is 6.07 Å². The highest BCUT2D eigenvalue weighted by Crippen LogP contribution is 2.26. The van der Waals surface area contributed by atoms with E-state index in [1.807, 2.05) is 12.1 Å². The molecule has 0 aromatic heterocycles. The van der Waals surface area contributed by atoms with Gasteiger partial charge in [-0.25, -0.2) is 0 Å². The first kappa shape index (κ1) is 7.63. The van der Waals surface area contributed by atoms with Crippen molar-refractivity contribution in [2.75, 3.05) is 0 Å². The third-order valence-electron chi connectivity index (χ3n) is 2.00. The van der Waals surface area contributed by atoms with Gasteiger partial charge in [-0.1, -0.05) is 24.3 Å². The average Bonchev–Trinajstić information content (AvgIpc) is 2.17. The van der Waals surface area contributed by atoms with Gasteiger partial charge in [0.2, 0.25) is 0 Å². The summed E-state index contributed by atoms with van der Waals surface area (Å²) >= 11 is 0.